The lowest BCUT2D eigenvalue weighted by atomic mass is 10.0. The lowest BCUT2D eigenvalue weighted by Crippen LogP contribution is -2.62. The second kappa shape index (κ2) is 31.1. The number of benzene rings is 2. The predicted octanol–water partition coefficient (Wildman–Crippen LogP) is -3.48. The number of carbonyl (C=O) groups is 8. The molecule has 1 aromatic heterocycles. The van der Waals surface area contributed by atoms with E-state index in [1.165, 1.54) is 6.92 Å². The van der Waals surface area contributed by atoms with Gasteiger partial charge in [-0.25, -0.2) is 0 Å². The number of amides is 7. The third-order valence-electron chi connectivity index (χ3n) is 12.5. The van der Waals surface area contributed by atoms with Crippen molar-refractivity contribution in [1.82, 2.24) is 58.2 Å². The van der Waals surface area contributed by atoms with Crippen LogP contribution in [0.1, 0.15) is 82.3 Å². The predicted molar refractivity (Wildman–Crippen MR) is 279 cm³/mol. The van der Waals surface area contributed by atoms with Crippen molar-refractivity contribution in [2.24, 2.45) is 17.2 Å². The summed E-state index contributed by atoms with van der Waals surface area (Å²) in [6.45, 7) is 1.50. The summed E-state index contributed by atoms with van der Waals surface area (Å²) in [5.41, 5.74) is 18.6. The molecule has 1 aliphatic heterocycles. The number of hydrogen-bond donors (Lipinski definition) is 19. The third kappa shape index (κ3) is 21.2. The molecule has 0 radical (unpaired) electrons. The zero-order valence-corrected chi connectivity index (χ0v) is 42.4. The average Bonchev–Trinajstić information content (AvgIpc) is 3.77. The number of primary amides is 1. The van der Waals surface area contributed by atoms with Gasteiger partial charge in [0.05, 0.1) is 30.6 Å². The number of guanidine groups is 2. The van der Waals surface area contributed by atoms with Gasteiger partial charge in [-0.3, -0.25) is 59.8 Å². The molecule has 2 aromatic carbocycles. The van der Waals surface area contributed by atoms with Crippen molar-refractivity contribution in [3.05, 3.63) is 71.9 Å². The fraction of sp³-hybridized carbons (Fsp3) is 0.510. The number of H-pyrrole nitrogens is 1. The monoisotopic (exact) mass is 1060 g/mol. The van der Waals surface area contributed by atoms with Gasteiger partial charge in [-0.2, -0.15) is 0 Å². The van der Waals surface area contributed by atoms with Gasteiger partial charge in [-0.1, -0.05) is 48.5 Å². The van der Waals surface area contributed by atoms with E-state index in [4.69, 9.17) is 28.0 Å². The first-order valence-corrected chi connectivity index (χ1v) is 25.1. The van der Waals surface area contributed by atoms with Crippen molar-refractivity contribution in [3.8, 4) is 0 Å². The van der Waals surface area contributed by atoms with Crippen LogP contribution in [0.15, 0.2) is 60.8 Å². The number of aliphatic hydroxyl groups excluding tert-OH is 2. The van der Waals surface area contributed by atoms with E-state index in [0.29, 0.717) is 11.1 Å². The number of rotatable bonds is 20. The zero-order chi connectivity index (χ0) is 55.7. The van der Waals surface area contributed by atoms with Gasteiger partial charge in [0.2, 0.25) is 41.4 Å². The van der Waals surface area contributed by atoms with Gasteiger partial charge >= 0.3 is 5.97 Å². The molecule has 3 aromatic rings. The Morgan fingerprint density at radius 2 is 1.42 bits per heavy atom. The van der Waals surface area contributed by atoms with Crippen molar-refractivity contribution < 1.29 is 53.7 Å². The number of aliphatic hydroxyl groups is 2. The maximum absolute atomic E-state index is 14.6. The first kappa shape index (κ1) is 60.7. The molecule has 4 rings (SSSR count). The van der Waals surface area contributed by atoms with Gasteiger partial charge in [0, 0.05) is 56.5 Å². The van der Waals surface area contributed by atoms with E-state index in [-0.39, 0.29) is 89.3 Å². The van der Waals surface area contributed by atoms with E-state index in [0.717, 1.165) is 10.9 Å². The molecule has 27 nitrogen and oxygen atoms in total. The van der Waals surface area contributed by atoms with E-state index >= 15 is 0 Å². The van der Waals surface area contributed by atoms with Gasteiger partial charge in [0.25, 0.3) is 0 Å². The van der Waals surface area contributed by atoms with E-state index in [1.807, 2.05) is 18.2 Å². The van der Waals surface area contributed by atoms with Crippen LogP contribution in [-0.4, -0.2) is 154 Å². The first-order valence-electron chi connectivity index (χ1n) is 25.1. The SMILES string of the molecule is CC(=O)N[C@@H](CCCNC(=N)N)C(O)N[C@H]1CC(=O)NCCCC[C@@H](C(N)=O)NC(=O)[C@H](Cc2c[nH]c3ccccc23)NC(=O)[C@H](CCCNC(=N)N)NC(=O)[C@@H](Cc2ccccc2)NC(O)[C@H](CCC(=O)O)NC1=O. The molecule has 1 fully saturated rings. The topological polar surface area (TPSA) is 459 Å². The molecule has 0 bridgehead atoms. The quantitative estimate of drug-likeness (QED) is 0.0226. The third-order valence-corrected chi connectivity index (χ3v) is 12.5. The number of hydrogen-bond acceptors (Lipinski definition) is 14. The molecule has 2 unspecified atom stereocenters. The Hall–Kier alpha value is -7.88. The highest BCUT2D eigenvalue weighted by Gasteiger charge is 2.35. The van der Waals surface area contributed by atoms with Gasteiger partial charge in [-0.05, 0) is 75.0 Å². The minimum absolute atomic E-state index is 0.00307. The molecule has 0 aliphatic carbocycles. The van der Waals surface area contributed by atoms with Crippen LogP contribution in [0.4, 0.5) is 0 Å². The summed E-state index contributed by atoms with van der Waals surface area (Å²) in [5, 5.41) is 75.7. The van der Waals surface area contributed by atoms with Gasteiger partial charge < -0.3 is 80.0 Å². The van der Waals surface area contributed by atoms with E-state index in [1.54, 1.807) is 42.6 Å². The highest BCUT2D eigenvalue weighted by Crippen LogP contribution is 2.20. The Labute approximate surface area is 439 Å². The Morgan fingerprint density at radius 3 is 2.09 bits per heavy atom. The fourth-order valence-electron chi connectivity index (χ4n) is 8.52. The van der Waals surface area contributed by atoms with Gasteiger partial charge in [0.1, 0.15) is 30.6 Å². The fourth-order valence-corrected chi connectivity index (χ4v) is 8.52. The smallest absolute Gasteiger partial charge is 0.303 e. The molecular formula is C49H74N16O11. The standard InChI is InChI=1S/C49H74N16O11/c1-27(66)59-33(16-9-21-56-48(51)52)42(71)65-38-25-39(67)55-20-8-7-15-32(41(50)70)60-46(75)37(24-29-26-58-31-14-6-5-13-30(29)31)64-43(72)34(17-10-22-57-49(53)54)61-45(74)36(23-28-11-3-2-4-12-28)63-44(73)35(62-47(38)76)18-19-40(68)69/h2-6,11-14,26,32-38,42,44,58,63,65,71,73H,7-10,15-25H2,1H3,(H2,50,70)(H,55,67)(H,59,66)(H,60,75)(H,61,74)(H,62,76)(H,64,72)(H,68,69)(H4,51,52,56)(H4,53,54,57)/t32-,33-,34-,35-,36+,37-,38-,42?,44?/m0/s1. The van der Waals surface area contributed by atoms with E-state index in [2.05, 4.69) is 58.2 Å². The van der Waals surface area contributed by atoms with Crippen molar-refractivity contribution in [1.29, 1.82) is 10.8 Å². The minimum atomic E-state index is -1.89. The summed E-state index contributed by atoms with van der Waals surface area (Å²) in [4.78, 5) is 112. The Bertz CT molecular complexity index is 2460. The normalized spacial score (nSPS) is 22.5. The van der Waals surface area contributed by atoms with Gasteiger partial charge in [0.15, 0.2) is 11.9 Å². The second-order valence-electron chi connectivity index (χ2n) is 18.5. The van der Waals surface area contributed by atoms with E-state index in [9.17, 15) is 53.7 Å². The second-order valence-corrected chi connectivity index (χ2v) is 18.5. The molecule has 0 spiro atoms. The summed E-state index contributed by atoms with van der Waals surface area (Å²) < 4.78 is 0. The summed E-state index contributed by atoms with van der Waals surface area (Å²) in [6.07, 6.45) is -2.83. The number of aliphatic carboxylic acids is 1. The lowest BCUT2D eigenvalue weighted by molar-refractivity contribution is -0.138. The van der Waals surface area contributed by atoms with Crippen LogP contribution in [0.2, 0.25) is 0 Å². The largest absolute Gasteiger partial charge is 0.481 e. The van der Waals surface area contributed by atoms with Crippen LogP contribution >= 0.6 is 0 Å². The molecule has 0 saturated carbocycles. The molecule has 2 heterocycles. The van der Waals surface area contributed by atoms with Crippen LogP contribution in [0.25, 0.3) is 10.9 Å². The minimum Gasteiger partial charge on any atom is -0.481 e. The van der Waals surface area contributed by atoms with Crippen molar-refractivity contribution in [2.45, 2.75) is 139 Å². The molecule has 416 valence electrons. The number of aromatic nitrogens is 1. The molecule has 76 heavy (non-hydrogen) atoms. The van der Waals surface area contributed by atoms with Crippen LogP contribution < -0.4 is 70.4 Å². The van der Waals surface area contributed by atoms with Crippen LogP contribution in [0.5, 0.6) is 0 Å². The van der Waals surface area contributed by atoms with Crippen molar-refractivity contribution in [3.63, 3.8) is 0 Å². The number of carboxylic acids is 1. The maximum atomic E-state index is 14.6. The molecule has 9 atom stereocenters. The van der Waals surface area contributed by atoms with Crippen molar-refractivity contribution >= 4 is 70.1 Å². The van der Waals surface area contributed by atoms with Crippen molar-refractivity contribution in [2.75, 3.05) is 19.6 Å². The molecular weight excluding hydrogens is 989 g/mol. The number of carboxylic acid groups (broad SMARTS) is 1. The molecule has 7 amide bonds. The van der Waals surface area contributed by atoms with Gasteiger partial charge in [-0.15, -0.1) is 0 Å². The number of nitrogens with two attached hydrogens (primary N) is 3. The molecule has 1 aliphatic rings. The van der Waals surface area contributed by atoms with Crippen LogP contribution in [0.3, 0.4) is 0 Å². The summed E-state index contributed by atoms with van der Waals surface area (Å²) in [6, 6.07) is 6.29. The maximum Gasteiger partial charge on any atom is 0.303 e. The number of carbonyl (C=O) groups excluding carboxylic acids is 7. The molecule has 22 N–H and O–H groups in total. The average molecular weight is 1060 g/mol. The van der Waals surface area contributed by atoms with Crippen LogP contribution in [-0.2, 0) is 51.2 Å². The number of nitrogens with one attached hydrogen (secondary N) is 13. The summed E-state index contributed by atoms with van der Waals surface area (Å²) in [7, 11) is 0. The lowest BCUT2D eigenvalue weighted by Gasteiger charge is -2.32. The Morgan fingerprint density at radius 1 is 0.776 bits per heavy atom. The highest BCUT2D eigenvalue weighted by molar-refractivity contribution is 5.95. The zero-order valence-electron chi connectivity index (χ0n) is 42.4. The summed E-state index contributed by atoms with van der Waals surface area (Å²) in [5.74, 6) is -7.51. The number of fused-ring (bicyclic) bond motifs is 1. The Kier molecular flexibility index (Phi) is 24.8. The number of para-hydroxylation sites is 1. The highest BCUT2D eigenvalue weighted by atomic mass is 16.4. The first-order chi connectivity index (χ1) is 36.2. The molecule has 1 saturated heterocycles. The van der Waals surface area contributed by atoms with Crippen LogP contribution in [0, 0.1) is 10.8 Å². The number of aromatic amines is 1. The Balaban J connectivity index is 1.77. The van der Waals surface area contributed by atoms with E-state index < -0.39 is 121 Å². The molecule has 27 heteroatoms. The summed E-state index contributed by atoms with van der Waals surface area (Å²) >= 11 is 0.